The summed E-state index contributed by atoms with van der Waals surface area (Å²) in [5, 5.41) is 16.6. The molecule has 7 heteroatoms. The molecule has 3 atom stereocenters. The monoisotopic (exact) mass is 276 g/mol. The van der Waals surface area contributed by atoms with E-state index in [0.717, 1.165) is 6.42 Å². The number of hydrogen-bond acceptors (Lipinski definition) is 3. The van der Waals surface area contributed by atoms with Crippen molar-refractivity contribution in [2.24, 2.45) is 21.9 Å². The van der Waals surface area contributed by atoms with Crippen molar-refractivity contribution in [2.75, 3.05) is 5.75 Å². The number of nitrogens with one attached hydrogen (secondary N) is 1. The highest BCUT2D eigenvalue weighted by molar-refractivity contribution is 7.89. The summed E-state index contributed by atoms with van der Waals surface area (Å²) in [7, 11) is -3.62. The molecule has 0 saturated heterocycles. The van der Waals surface area contributed by atoms with Crippen LogP contribution in [-0.2, 0) is 10.0 Å². The van der Waals surface area contributed by atoms with E-state index < -0.39 is 21.5 Å². The number of primary sulfonamides is 1. The summed E-state index contributed by atoms with van der Waals surface area (Å²) in [6, 6.07) is -0.318. The van der Waals surface area contributed by atoms with E-state index in [9.17, 15) is 13.2 Å². The topological polar surface area (TPSA) is 109 Å². The lowest BCUT2D eigenvalue weighted by Crippen LogP contribution is -2.52. The third-order valence-corrected chi connectivity index (χ3v) is 6.10. The summed E-state index contributed by atoms with van der Waals surface area (Å²) in [6.07, 6.45) is 1.26. The first-order valence-electron chi connectivity index (χ1n) is 6.08. The molecule has 6 nitrogen and oxygen atoms in total. The van der Waals surface area contributed by atoms with Gasteiger partial charge >= 0.3 is 6.09 Å². The predicted octanol–water partition coefficient (Wildman–Crippen LogP) is 0.737. The Hall–Kier alpha value is -0.820. The molecule has 0 aliphatic heterocycles. The summed E-state index contributed by atoms with van der Waals surface area (Å²) in [6.45, 7) is 4.05. The number of carbonyl (C=O) groups is 1. The van der Waals surface area contributed by atoms with Crippen molar-refractivity contribution in [1.29, 1.82) is 0 Å². The van der Waals surface area contributed by atoms with Crippen molar-refractivity contribution in [2.45, 2.75) is 39.2 Å². The van der Waals surface area contributed by atoms with Crippen LogP contribution in [0.15, 0.2) is 0 Å². The maximum Gasteiger partial charge on any atom is 0.404 e. The van der Waals surface area contributed by atoms with Crippen LogP contribution in [0.1, 0.15) is 33.1 Å². The lowest BCUT2D eigenvalue weighted by atomic mass is 9.69. The molecule has 2 saturated carbocycles. The second-order valence-electron chi connectivity index (χ2n) is 6.16. The average Bonchev–Trinajstić information content (AvgIpc) is 2.47. The third kappa shape index (κ3) is 1.89. The fourth-order valence-electron chi connectivity index (χ4n) is 4.13. The molecule has 0 aromatic rings. The lowest BCUT2D eigenvalue weighted by molar-refractivity contribution is 0.118. The summed E-state index contributed by atoms with van der Waals surface area (Å²) < 4.78 is 23.0. The van der Waals surface area contributed by atoms with Crippen molar-refractivity contribution < 1.29 is 18.3 Å². The molecule has 4 N–H and O–H groups in total. The van der Waals surface area contributed by atoms with Gasteiger partial charge in [-0.3, -0.25) is 0 Å². The second kappa shape index (κ2) is 3.84. The van der Waals surface area contributed by atoms with Gasteiger partial charge in [-0.25, -0.2) is 18.4 Å². The van der Waals surface area contributed by atoms with E-state index in [1.165, 1.54) is 0 Å². The predicted molar refractivity (Wildman–Crippen MR) is 66.5 cm³/mol. The molecule has 0 aromatic heterocycles. The van der Waals surface area contributed by atoms with Crippen LogP contribution in [0.5, 0.6) is 0 Å². The quantitative estimate of drug-likeness (QED) is 0.706. The Kier molecular flexibility index (Phi) is 2.90. The number of carboxylic acid groups (broad SMARTS) is 1. The zero-order valence-corrected chi connectivity index (χ0v) is 11.5. The Morgan fingerprint density at radius 3 is 2.56 bits per heavy atom. The van der Waals surface area contributed by atoms with Gasteiger partial charge in [0.2, 0.25) is 10.0 Å². The Bertz CT molecular complexity index is 473. The van der Waals surface area contributed by atoms with E-state index in [1.54, 1.807) is 0 Å². The minimum atomic E-state index is -3.62. The molecular formula is C11H20N2O4S. The lowest BCUT2D eigenvalue weighted by Gasteiger charge is -2.41. The van der Waals surface area contributed by atoms with E-state index in [0.29, 0.717) is 18.8 Å². The summed E-state index contributed by atoms with van der Waals surface area (Å²) in [5.74, 6) is 0.213. The van der Waals surface area contributed by atoms with Gasteiger partial charge in [-0.2, -0.15) is 0 Å². The van der Waals surface area contributed by atoms with Gasteiger partial charge in [0.15, 0.2) is 0 Å². The fourth-order valence-corrected chi connectivity index (χ4v) is 5.57. The minimum Gasteiger partial charge on any atom is -0.465 e. The molecule has 2 aliphatic rings. The molecule has 104 valence electrons. The number of sulfonamides is 1. The molecule has 2 bridgehead atoms. The SMILES string of the molecule is CC1(C)C2CC[C@@]1(CS(N)(=O)=O)C(NC(=O)O)C2. The molecule has 18 heavy (non-hydrogen) atoms. The molecule has 2 rings (SSSR count). The van der Waals surface area contributed by atoms with Gasteiger partial charge in [0.05, 0.1) is 5.75 Å². The number of amides is 1. The van der Waals surface area contributed by atoms with Crippen LogP contribution < -0.4 is 10.5 Å². The number of rotatable bonds is 3. The molecule has 2 unspecified atom stereocenters. The Balaban J connectivity index is 2.38. The average molecular weight is 276 g/mol. The second-order valence-corrected chi connectivity index (χ2v) is 7.77. The van der Waals surface area contributed by atoms with Crippen molar-refractivity contribution in [1.82, 2.24) is 5.32 Å². The number of fused-ring (bicyclic) bond motifs is 2. The molecule has 0 spiro atoms. The van der Waals surface area contributed by atoms with Crippen LogP contribution in [0.3, 0.4) is 0 Å². The van der Waals surface area contributed by atoms with Crippen LogP contribution >= 0.6 is 0 Å². The van der Waals surface area contributed by atoms with Crippen LogP contribution in [0, 0.1) is 16.7 Å². The molecular weight excluding hydrogens is 256 g/mol. The largest absolute Gasteiger partial charge is 0.465 e. The zero-order chi connectivity index (χ0) is 13.8. The molecule has 1 amide bonds. The highest BCUT2D eigenvalue weighted by Gasteiger charge is 2.65. The third-order valence-electron chi connectivity index (χ3n) is 5.19. The van der Waals surface area contributed by atoms with Gasteiger partial charge in [0.1, 0.15) is 0 Å². The van der Waals surface area contributed by atoms with E-state index in [-0.39, 0.29) is 17.2 Å². The summed E-state index contributed by atoms with van der Waals surface area (Å²) in [4.78, 5) is 10.9. The highest BCUT2D eigenvalue weighted by Crippen LogP contribution is 2.65. The van der Waals surface area contributed by atoms with Crippen molar-refractivity contribution in [3.8, 4) is 0 Å². The van der Waals surface area contributed by atoms with Gasteiger partial charge < -0.3 is 10.4 Å². The summed E-state index contributed by atoms with van der Waals surface area (Å²) in [5.41, 5.74) is -0.768. The van der Waals surface area contributed by atoms with Crippen LogP contribution in [0.2, 0.25) is 0 Å². The molecule has 0 radical (unpaired) electrons. The van der Waals surface area contributed by atoms with E-state index in [1.807, 2.05) is 13.8 Å². The molecule has 2 fully saturated rings. The highest BCUT2D eigenvalue weighted by atomic mass is 32.2. The Morgan fingerprint density at radius 1 is 1.50 bits per heavy atom. The fraction of sp³-hybridized carbons (Fsp3) is 0.909. The van der Waals surface area contributed by atoms with E-state index in [2.05, 4.69) is 5.32 Å². The van der Waals surface area contributed by atoms with Gasteiger partial charge in [-0.05, 0) is 30.6 Å². The first kappa shape index (κ1) is 13.6. The first-order valence-corrected chi connectivity index (χ1v) is 7.80. The summed E-state index contributed by atoms with van der Waals surface area (Å²) >= 11 is 0. The van der Waals surface area contributed by atoms with Crippen LogP contribution in [0.4, 0.5) is 4.79 Å². The number of hydrogen-bond donors (Lipinski definition) is 3. The zero-order valence-electron chi connectivity index (χ0n) is 10.6. The standard InChI is InChI=1S/C11H20N2O4S/c1-10(2)7-3-4-11(10,6-18(12,16)17)8(5-7)13-9(14)15/h7-8,13H,3-6H2,1-2H3,(H,14,15)(H2,12,16,17)/t7?,8?,11-/m1/s1. The normalized spacial score (nSPS) is 37.7. The van der Waals surface area contributed by atoms with Gasteiger partial charge in [0.25, 0.3) is 0 Å². The smallest absolute Gasteiger partial charge is 0.404 e. The van der Waals surface area contributed by atoms with Crippen molar-refractivity contribution in [3.05, 3.63) is 0 Å². The molecule has 2 aliphatic carbocycles. The van der Waals surface area contributed by atoms with Gasteiger partial charge in [0, 0.05) is 11.5 Å². The van der Waals surface area contributed by atoms with Crippen LogP contribution in [0.25, 0.3) is 0 Å². The van der Waals surface area contributed by atoms with Crippen molar-refractivity contribution >= 4 is 16.1 Å². The van der Waals surface area contributed by atoms with Gasteiger partial charge in [-0.15, -0.1) is 0 Å². The Labute approximate surface area is 107 Å². The van der Waals surface area contributed by atoms with Gasteiger partial charge in [-0.1, -0.05) is 13.8 Å². The molecule has 0 heterocycles. The Morgan fingerprint density at radius 2 is 2.11 bits per heavy atom. The maximum absolute atomic E-state index is 11.5. The van der Waals surface area contributed by atoms with Crippen molar-refractivity contribution in [3.63, 3.8) is 0 Å². The number of nitrogens with two attached hydrogens (primary N) is 1. The maximum atomic E-state index is 11.5. The first-order chi connectivity index (χ1) is 8.08. The molecule has 0 aromatic carbocycles. The van der Waals surface area contributed by atoms with E-state index >= 15 is 0 Å². The minimum absolute atomic E-state index is 0.144. The van der Waals surface area contributed by atoms with Crippen LogP contribution in [-0.4, -0.2) is 31.4 Å². The van der Waals surface area contributed by atoms with E-state index in [4.69, 9.17) is 10.2 Å².